The highest BCUT2D eigenvalue weighted by atomic mass is 28.4. The maximum absolute atomic E-state index is 13.3. The molecule has 0 unspecified atom stereocenters. The Morgan fingerprint density at radius 2 is 1.90 bits per heavy atom. The van der Waals surface area contributed by atoms with Crippen molar-refractivity contribution in [3.05, 3.63) is 11.9 Å². The first kappa shape index (κ1) is 19.3. The Morgan fingerprint density at radius 1 is 1.35 bits per heavy atom. The van der Waals surface area contributed by atoms with Crippen LogP contribution in [0.5, 0.6) is 0 Å². The molecule has 0 bridgehead atoms. The zero-order chi connectivity index (χ0) is 16.0. The van der Waals surface area contributed by atoms with Gasteiger partial charge in [-0.3, -0.25) is 0 Å². The van der Waals surface area contributed by atoms with Gasteiger partial charge in [-0.05, 0) is 43.5 Å². The summed E-state index contributed by atoms with van der Waals surface area (Å²) in [6.07, 6.45) is 1.63. The summed E-state index contributed by atoms with van der Waals surface area (Å²) in [5.74, 6) is -1.21. The topological polar surface area (TPSA) is 35.5 Å². The van der Waals surface area contributed by atoms with E-state index < -0.39 is 20.1 Å². The van der Waals surface area contributed by atoms with E-state index in [-0.39, 0.29) is 11.6 Å². The maximum Gasteiger partial charge on any atom is 0.366 e. The van der Waals surface area contributed by atoms with Gasteiger partial charge in [-0.25, -0.2) is 4.79 Å². The second-order valence-electron chi connectivity index (χ2n) is 6.30. The zero-order valence-corrected chi connectivity index (χ0v) is 14.9. The van der Waals surface area contributed by atoms with Gasteiger partial charge in [-0.15, -0.1) is 0 Å². The van der Waals surface area contributed by atoms with Crippen molar-refractivity contribution >= 4 is 14.3 Å². The van der Waals surface area contributed by atoms with E-state index in [1.165, 1.54) is 6.08 Å². The molecule has 5 heteroatoms. The van der Waals surface area contributed by atoms with E-state index in [1.54, 1.807) is 6.92 Å². The monoisotopic (exact) mass is 304 g/mol. The van der Waals surface area contributed by atoms with Gasteiger partial charge >= 0.3 is 5.97 Å². The van der Waals surface area contributed by atoms with E-state index in [9.17, 15) is 9.18 Å². The third kappa shape index (κ3) is 5.36. The van der Waals surface area contributed by atoms with Crippen molar-refractivity contribution in [1.82, 2.24) is 0 Å². The Morgan fingerprint density at radius 3 is 2.35 bits per heavy atom. The molecular formula is C15H29FO3Si. The van der Waals surface area contributed by atoms with Crippen molar-refractivity contribution in [2.45, 2.75) is 59.2 Å². The third-order valence-electron chi connectivity index (χ3n) is 4.37. The maximum atomic E-state index is 13.3. The summed E-state index contributed by atoms with van der Waals surface area (Å²) in [6, 6.07) is 0. The van der Waals surface area contributed by atoms with Gasteiger partial charge < -0.3 is 9.16 Å². The second-order valence-corrected chi connectivity index (χ2v) is 10.9. The van der Waals surface area contributed by atoms with E-state index in [4.69, 9.17) is 4.43 Å². The molecule has 0 saturated carbocycles. The van der Waals surface area contributed by atoms with E-state index in [0.717, 1.165) is 0 Å². The number of rotatable bonds is 8. The Kier molecular flexibility index (Phi) is 7.66. The molecule has 0 aromatic heterocycles. The predicted molar refractivity (Wildman–Crippen MR) is 82.8 cm³/mol. The highest BCUT2D eigenvalue weighted by molar-refractivity contribution is 6.74. The number of esters is 1. The van der Waals surface area contributed by atoms with Crippen LogP contribution in [0.4, 0.5) is 4.39 Å². The van der Waals surface area contributed by atoms with E-state index in [0.29, 0.717) is 18.9 Å². The molecule has 0 aromatic rings. The molecule has 3 nitrogen and oxygen atoms in total. The molecule has 0 heterocycles. The molecule has 0 spiro atoms. The lowest BCUT2D eigenvalue weighted by molar-refractivity contribution is -0.140. The van der Waals surface area contributed by atoms with Crippen molar-refractivity contribution in [3.8, 4) is 0 Å². The number of ether oxygens (including phenoxy) is 1. The quantitative estimate of drug-likeness (QED) is 0.288. The molecule has 0 aliphatic heterocycles. The van der Waals surface area contributed by atoms with E-state index in [2.05, 4.69) is 45.5 Å². The first-order chi connectivity index (χ1) is 9.06. The Hall–Kier alpha value is -0.683. The average molecular weight is 304 g/mol. The van der Waals surface area contributed by atoms with Crippen molar-refractivity contribution in [1.29, 1.82) is 0 Å². The summed E-state index contributed by atoms with van der Waals surface area (Å²) in [5.41, 5.74) is 0. The predicted octanol–water partition coefficient (Wildman–Crippen LogP) is 4.45. The van der Waals surface area contributed by atoms with Crippen LogP contribution >= 0.6 is 0 Å². The van der Waals surface area contributed by atoms with Crippen LogP contribution in [-0.4, -0.2) is 27.5 Å². The lowest BCUT2D eigenvalue weighted by Gasteiger charge is -2.42. The molecule has 0 aliphatic rings. The minimum Gasteiger partial charge on any atom is -0.461 e. The summed E-state index contributed by atoms with van der Waals surface area (Å²) in [4.78, 5) is 11.1. The van der Waals surface area contributed by atoms with E-state index >= 15 is 0 Å². The summed E-state index contributed by atoms with van der Waals surface area (Å²) in [5, 5.41) is 0.135. The second kappa shape index (κ2) is 7.93. The van der Waals surface area contributed by atoms with Crippen LogP contribution in [0.15, 0.2) is 11.9 Å². The number of carbonyl (C=O) groups is 1. The molecule has 0 aliphatic carbocycles. The molecule has 0 N–H and O–H groups in total. The zero-order valence-electron chi connectivity index (χ0n) is 13.9. The summed E-state index contributed by atoms with van der Waals surface area (Å²) in [6.45, 7) is 15.4. The molecule has 0 fully saturated rings. The number of halogens is 1. The number of hydrogen-bond donors (Lipinski definition) is 0. The van der Waals surface area contributed by atoms with Crippen LogP contribution in [0.2, 0.25) is 18.1 Å². The van der Waals surface area contributed by atoms with Crippen LogP contribution in [0, 0.1) is 5.92 Å². The summed E-state index contributed by atoms with van der Waals surface area (Å²) in [7, 11) is -1.88. The molecule has 20 heavy (non-hydrogen) atoms. The smallest absolute Gasteiger partial charge is 0.366 e. The van der Waals surface area contributed by atoms with Crippen molar-refractivity contribution in [2.75, 3.05) is 13.2 Å². The van der Waals surface area contributed by atoms with Gasteiger partial charge in [0.2, 0.25) is 5.83 Å². The fraction of sp³-hybridized carbons (Fsp3) is 0.800. The molecule has 0 radical (unpaired) electrons. The van der Waals surface area contributed by atoms with Crippen LogP contribution in [0.1, 0.15) is 41.0 Å². The standard InChI is InChI=1S/C15H29FO3Si/c1-8-18-14(17)13(16)10-9-11-19-20(6,7)15(4,5)12(2)3/h10,12H,8-9,11H2,1-7H3/b13-10-. The molecule has 0 rings (SSSR count). The van der Waals surface area contributed by atoms with Gasteiger partial charge in [-0.1, -0.05) is 27.7 Å². The Labute approximate surface area is 123 Å². The number of carbonyl (C=O) groups excluding carboxylic acids is 1. The van der Waals surface area contributed by atoms with Crippen molar-refractivity contribution < 1.29 is 18.3 Å². The van der Waals surface area contributed by atoms with Crippen LogP contribution in [0.3, 0.4) is 0 Å². The normalized spacial score (nSPS) is 13.8. The van der Waals surface area contributed by atoms with Gasteiger partial charge in [0.1, 0.15) is 0 Å². The molecular weight excluding hydrogens is 275 g/mol. The fourth-order valence-electron chi connectivity index (χ4n) is 1.66. The molecule has 0 atom stereocenters. The van der Waals surface area contributed by atoms with Gasteiger partial charge in [0.25, 0.3) is 0 Å². The fourth-order valence-corrected chi connectivity index (χ4v) is 4.05. The molecule has 118 valence electrons. The SMILES string of the molecule is CCOC(=O)/C(F)=C/CCO[Si](C)(C)C(C)(C)C(C)C. The third-order valence-corrected chi connectivity index (χ3v) is 8.98. The highest BCUT2D eigenvalue weighted by Crippen LogP contribution is 2.44. The summed E-state index contributed by atoms with van der Waals surface area (Å²) < 4.78 is 23.9. The van der Waals surface area contributed by atoms with Crippen molar-refractivity contribution in [3.63, 3.8) is 0 Å². The molecule has 0 amide bonds. The first-order valence-corrected chi connectivity index (χ1v) is 10.1. The van der Waals surface area contributed by atoms with Gasteiger partial charge in [-0.2, -0.15) is 4.39 Å². The lowest BCUT2D eigenvalue weighted by atomic mass is 9.99. The molecule has 0 saturated heterocycles. The lowest BCUT2D eigenvalue weighted by Crippen LogP contribution is -2.45. The van der Waals surface area contributed by atoms with Crippen LogP contribution in [-0.2, 0) is 14.0 Å². The summed E-state index contributed by atoms with van der Waals surface area (Å²) >= 11 is 0. The van der Waals surface area contributed by atoms with E-state index in [1.807, 2.05) is 0 Å². The van der Waals surface area contributed by atoms with Gasteiger partial charge in [0.05, 0.1) is 6.61 Å². The Bertz CT molecular complexity index is 349. The van der Waals surface area contributed by atoms with Crippen molar-refractivity contribution in [2.24, 2.45) is 5.92 Å². The molecule has 0 aromatic carbocycles. The largest absolute Gasteiger partial charge is 0.461 e. The van der Waals surface area contributed by atoms with Gasteiger partial charge in [0.15, 0.2) is 8.32 Å². The average Bonchev–Trinajstić information content (AvgIpc) is 2.34. The Balaban J connectivity index is 4.37. The minimum absolute atomic E-state index is 0.135. The minimum atomic E-state index is -1.88. The van der Waals surface area contributed by atoms with Crippen LogP contribution < -0.4 is 0 Å². The highest BCUT2D eigenvalue weighted by Gasteiger charge is 2.42. The number of hydrogen-bond acceptors (Lipinski definition) is 3. The van der Waals surface area contributed by atoms with Crippen LogP contribution in [0.25, 0.3) is 0 Å². The first-order valence-electron chi connectivity index (χ1n) is 7.23. The van der Waals surface area contributed by atoms with Gasteiger partial charge in [0, 0.05) is 6.61 Å².